The number of likely N-dealkylation sites (N-methyl/N-ethyl adjacent to an activating group) is 1. The van der Waals surface area contributed by atoms with Crippen molar-refractivity contribution in [3.05, 3.63) is 158 Å². The van der Waals surface area contributed by atoms with Crippen LogP contribution in [0.4, 0.5) is 0 Å². The fourth-order valence-corrected chi connectivity index (χ4v) is 9.05. The van der Waals surface area contributed by atoms with Crippen LogP contribution in [0.15, 0.2) is 158 Å². The standard InChI is InChI=1S/C78H127NO8/c1-6-8-10-12-14-16-18-20-22-24-26-28-29-30-31-32-33-34-35-36-37-38-39-40-41-42-43-44-45-46-47-49-51-53-55-57-59-61-63-65-67-69-76(81)87-74(73-86-78(77(82)83)84-71-70-79(3,4)5)72-85-75(80)68-66-64-62-60-58-56-54-52-50-48-27-25-23-21-19-17-15-13-11-9-7-2/h8-11,14-17,20-23,26-28,30-31,33-34,36-37,39-40,42-43,48,74,78H,6-7,12-13,18-19,24-25,29,32,35,38,41,44-47,49-73H2,1-5H3/b10-8-,11-9-,16-14-,17-15-,22-20-,23-21-,28-26-,31-30-,34-33-,37-36-,40-39-,43-42-,48-27-. The second kappa shape index (κ2) is 66.9. The van der Waals surface area contributed by atoms with Crippen molar-refractivity contribution in [3.8, 4) is 0 Å². The van der Waals surface area contributed by atoms with Crippen LogP contribution < -0.4 is 5.11 Å². The maximum absolute atomic E-state index is 12.9. The highest BCUT2D eigenvalue weighted by atomic mass is 16.7. The molecule has 0 radical (unpaired) electrons. The molecule has 0 fully saturated rings. The molecule has 9 nitrogen and oxygen atoms in total. The average molecular weight is 1210 g/mol. The lowest BCUT2D eigenvalue weighted by Crippen LogP contribution is -2.44. The molecular weight excluding hydrogens is 1080 g/mol. The number of allylic oxidation sites excluding steroid dienone is 26. The number of aliphatic carboxylic acids is 1. The lowest BCUT2D eigenvalue weighted by Gasteiger charge is -2.26. The molecule has 0 aliphatic heterocycles. The summed E-state index contributed by atoms with van der Waals surface area (Å²) in [7, 11) is 5.92. The number of esters is 2. The lowest BCUT2D eigenvalue weighted by molar-refractivity contribution is -0.870. The molecule has 9 heteroatoms. The Labute approximate surface area is 534 Å². The van der Waals surface area contributed by atoms with Gasteiger partial charge in [-0.1, -0.05) is 281 Å². The summed E-state index contributed by atoms with van der Waals surface area (Å²) in [5.41, 5.74) is 0. The van der Waals surface area contributed by atoms with Gasteiger partial charge in [0.25, 0.3) is 0 Å². The predicted octanol–water partition coefficient (Wildman–Crippen LogP) is 20.4. The van der Waals surface area contributed by atoms with Crippen LogP contribution in [0.25, 0.3) is 0 Å². The third kappa shape index (κ3) is 68.3. The number of carbonyl (C=O) groups is 3. The summed E-state index contributed by atoms with van der Waals surface area (Å²) in [5.74, 6) is -2.30. The summed E-state index contributed by atoms with van der Waals surface area (Å²) in [4.78, 5) is 37.5. The number of carbonyl (C=O) groups excluding carboxylic acids is 3. The van der Waals surface area contributed by atoms with Crippen molar-refractivity contribution in [1.82, 2.24) is 0 Å². The van der Waals surface area contributed by atoms with Gasteiger partial charge in [0.05, 0.1) is 40.3 Å². The van der Waals surface area contributed by atoms with E-state index < -0.39 is 24.3 Å². The summed E-state index contributed by atoms with van der Waals surface area (Å²) in [5, 5.41) is 11.8. The first-order valence-corrected chi connectivity index (χ1v) is 34.6. The maximum atomic E-state index is 12.9. The summed E-state index contributed by atoms with van der Waals surface area (Å²) in [6.45, 7) is 4.50. The number of unbranched alkanes of at least 4 members (excludes halogenated alkanes) is 21. The van der Waals surface area contributed by atoms with Crippen LogP contribution in [0.3, 0.4) is 0 Å². The monoisotopic (exact) mass is 1210 g/mol. The molecule has 0 aromatic carbocycles. The molecule has 2 unspecified atom stereocenters. The molecule has 0 spiro atoms. The zero-order valence-corrected chi connectivity index (χ0v) is 56.1. The molecule has 0 aliphatic rings. The molecule has 0 aliphatic carbocycles. The van der Waals surface area contributed by atoms with Gasteiger partial charge in [-0.3, -0.25) is 9.59 Å². The number of quaternary nitrogens is 1. The Morgan fingerprint density at radius 3 is 0.920 bits per heavy atom. The molecule has 0 aromatic heterocycles. The van der Waals surface area contributed by atoms with Crippen molar-refractivity contribution in [2.24, 2.45) is 0 Å². The van der Waals surface area contributed by atoms with Gasteiger partial charge in [-0.25, -0.2) is 0 Å². The molecule has 492 valence electrons. The van der Waals surface area contributed by atoms with E-state index in [1.807, 2.05) is 21.1 Å². The second-order valence-corrected chi connectivity index (χ2v) is 23.7. The number of hydrogen-bond donors (Lipinski definition) is 0. The summed E-state index contributed by atoms with van der Waals surface area (Å²) >= 11 is 0. The van der Waals surface area contributed by atoms with Gasteiger partial charge in [-0.2, -0.15) is 0 Å². The third-order valence-electron chi connectivity index (χ3n) is 14.3. The molecule has 87 heavy (non-hydrogen) atoms. The number of carboxylic acids is 1. The molecule has 0 rings (SSSR count). The number of nitrogens with zero attached hydrogens (tertiary/aromatic N) is 1. The van der Waals surface area contributed by atoms with Crippen molar-refractivity contribution < 1.29 is 42.9 Å². The van der Waals surface area contributed by atoms with E-state index in [0.29, 0.717) is 17.4 Å². The van der Waals surface area contributed by atoms with Gasteiger partial charge in [-0.15, -0.1) is 0 Å². The van der Waals surface area contributed by atoms with Gasteiger partial charge in [-0.05, 0) is 122 Å². The second-order valence-electron chi connectivity index (χ2n) is 23.7. The van der Waals surface area contributed by atoms with Gasteiger partial charge in [0, 0.05) is 12.8 Å². The van der Waals surface area contributed by atoms with Crippen LogP contribution in [0.1, 0.15) is 258 Å². The first-order valence-electron chi connectivity index (χ1n) is 34.6. The molecular formula is C78H127NO8. The topological polar surface area (TPSA) is 111 Å². The van der Waals surface area contributed by atoms with Gasteiger partial charge in [0.2, 0.25) is 0 Å². The first kappa shape index (κ1) is 81.9. The Morgan fingerprint density at radius 2 is 0.621 bits per heavy atom. The van der Waals surface area contributed by atoms with Gasteiger partial charge in [0.15, 0.2) is 12.4 Å². The van der Waals surface area contributed by atoms with Gasteiger partial charge >= 0.3 is 11.9 Å². The highest BCUT2D eigenvalue weighted by Gasteiger charge is 2.22. The third-order valence-corrected chi connectivity index (χ3v) is 14.3. The Morgan fingerprint density at radius 1 is 0.345 bits per heavy atom. The van der Waals surface area contributed by atoms with Crippen LogP contribution >= 0.6 is 0 Å². The van der Waals surface area contributed by atoms with E-state index in [-0.39, 0.29) is 38.6 Å². The molecule has 2 atom stereocenters. The Hall–Kier alpha value is -5.09. The maximum Gasteiger partial charge on any atom is 0.306 e. The van der Waals surface area contributed by atoms with E-state index in [0.717, 1.165) is 135 Å². The first-order chi connectivity index (χ1) is 42.6. The van der Waals surface area contributed by atoms with E-state index in [9.17, 15) is 19.5 Å². The lowest BCUT2D eigenvalue weighted by atomic mass is 10.0. The smallest absolute Gasteiger partial charge is 0.306 e. The zero-order chi connectivity index (χ0) is 63.3. The molecule has 0 saturated carbocycles. The predicted molar refractivity (Wildman–Crippen MR) is 370 cm³/mol. The minimum atomic E-state index is -1.63. The quantitative estimate of drug-likeness (QED) is 0.0195. The summed E-state index contributed by atoms with van der Waals surface area (Å²) in [6, 6.07) is 0. The van der Waals surface area contributed by atoms with Crippen molar-refractivity contribution in [2.45, 2.75) is 270 Å². The fraction of sp³-hybridized carbons (Fsp3) is 0.628. The Bertz CT molecular complexity index is 1990. The van der Waals surface area contributed by atoms with Crippen molar-refractivity contribution in [2.75, 3.05) is 47.5 Å². The van der Waals surface area contributed by atoms with E-state index in [4.69, 9.17) is 18.9 Å². The number of rotatable bonds is 62. The molecule has 0 saturated heterocycles. The Balaban J connectivity index is 4.13. The SMILES string of the molecule is CC/C=C\C/C=C\C/C=C\C/C=C\C/C=C\C/C=C\C/C=C\C/C=C\C/C=C\CCCCCCCCCCCCCCCC(=O)OC(COC(=O)CCCCCCCCCC/C=C\C/C=C\C/C=C\C/C=C\CC)COC(OCC[N+](C)(C)C)C(=O)[O-]. The van der Waals surface area contributed by atoms with Crippen LogP contribution in [-0.2, 0) is 33.3 Å². The molecule has 0 heterocycles. The minimum Gasteiger partial charge on any atom is -0.545 e. The van der Waals surface area contributed by atoms with Gasteiger partial charge < -0.3 is 33.3 Å². The molecule has 0 bridgehead atoms. The zero-order valence-electron chi connectivity index (χ0n) is 56.1. The number of carboxylic acid groups (broad SMARTS) is 1. The van der Waals surface area contributed by atoms with E-state index in [1.165, 1.54) is 89.9 Å². The largest absolute Gasteiger partial charge is 0.545 e. The summed E-state index contributed by atoms with van der Waals surface area (Å²) < 4.78 is 22.8. The van der Waals surface area contributed by atoms with Crippen molar-refractivity contribution in [3.63, 3.8) is 0 Å². The highest BCUT2D eigenvalue weighted by molar-refractivity contribution is 5.70. The van der Waals surface area contributed by atoms with Crippen molar-refractivity contribution >= 4 is 17.9 Å². The molecule has 0 aromatic rings. The summed E-state index contributed by atoms with van der Waals surface area (Å²) in [6.07, 6.45) is 96.0. The molecule has 0 amide bonds. The normalized spacial score (nSPS) is 13.7. The van der Waals surface area contributed by atoms with E-state index >= 15 is 0 Å². The molecule has 0 N–H and O–H groups in total. The van der Waals surface area contributed by atoms with E-state index in [1.54, 1.807) is 0 Å². The highest BCUT2D eigenvalue weighted by Crippen LogP contribution is 2.16. The average Bonchev–Trinajstić information content (AvgIpc) is 3.59. The fourth-order valence-electron chi connectivity index (χ4n) is 9.05. The van der Waals surface area contributed by atoms with Crippen molar-refractivity contribution in [1.29, 1.82) is 0 Å². The Kier molecular flexibility index (Phi) is 62.9. The minimum absolute atomic E-state index is 0.139. The number of hydrogen-bond acceptors (Lipinski definition) is 8. The van der Waals surface area contributed by atoms with Crippen LogP contribution in [-0.4, -0.2) is 82.3 Å². The van der Waals surface area contributed by atoms with Gasteiger partial charge in [0.1, 0.15) is 13.2 Å². The number of ether oxygens (including phenoxy) is 4. The van der Waals surface area contributed by atoms with Crippen LogP contribution in [0, 0.1) is 0 Å². The van der Waals surface area contributed by atoms with Crippen LogP contribution in [0.5, 0.6) is 0 Å². The van der Waals surface area contributed by atoms with Crippen LogP contribution in [0.2, 0.25) is 0 Å². The van der Waals surface area contributed by atoms with E-state index in [2.05, 4.69) is 172 Å².